The van der Waals surface area contributed by atoms with E-state index in [2.05, 4.69) is 15.5 Å². The number of nitrogens with zero attached hydrogens (tertiary/aromatic N) is 3. The van der Waals surface area contributed by atoms with Crippen molar-refractivity contribution in [2.75, 3.05) is 11.5 Å². The van der Waals surface area contributed by atoms with Crippen LogP contribution in [-0.2, 0) is 6.54 Å². The molecule has 0 saturated carbocycles. The van der Waals surface area contributed by atoms with Gasteiger partial charge in [0.2, 0.25) is 5.89 Å². The minimum atomic E-state index is -0.348. The number of carbonyl (C=O) groups excluding carboxylic acids is 1. The van der Waals surface area contributed by atoms with Gasteiger partial charge in [0.15, 0.2) is 18.2 Å². The summed E-state index contributed by atoms with van der Waals surface area (Å²) < 4.78 is 5.76. The second-order valence-corrected chi connectivity index (χ2v) is 6.29. The molecule has 0 bridgehead atoms. The summed E-state index contributed by atoms with van der Waals surface area (Å²) >= 11 is 1.94. The largest absolute Gasteiger partial charge is 0.619 e. The third-order valence-electron chi connectivity index (χ3n) is 3.51. The fourth-order valence-corrected chi connectivity index (χ4v) is 3.41. The van der Waals surface area contributed by atoms with E-state index >= 15 is 0 Å². The standard InChI is InChI=1S/C14H16N4O3S/c19-14(11-2-1-5-18(20)9-11)15-8-12-16-13(17-21-12)10-3-6-22-7-4-10/h1-2,5,9-10H,3-4,6-8H2,(H,15,19). The molecule has 1 amide bonds. The van der Waals surface area contributed by atoms with Gasteiger partial charge in [-0.25, -0.2) is 0 Å². The van der Waals surface area contributed by atoms with E-state index in [1.807, 2.05) is 11.8 Å². The van der Waals surface area contributed by atoms with Crippen molar-refractivity contribution in [2.24, 2.45) is 0 Å². The summed E-state index contributed by atoms with van der Waals surface area (Å²) in [6, 6.07) is 3.09. The maximum Gasteiger partial charge on any atom is 0.257 e. The molecule has 2 aromatic rings. The van der Waals surface area contributed by atoms with Crippen molar-refractivity contribution >= 4 is 17.7 Å². The van der Waals surface area contributed by atoms with Crippen LogP contribution in [0.15, 0.2) is 29.0 Å². The molecule has 116 valence electrons. The minimum Gasteiger partial charge on any atom is -0.619 e. The van der Waals surface area contributed by atoms with E-state index in [1.54, 1.807) is 6.07 Å². The summed E-state index contributed by atoms with van der Waals surface area (Å²) in [5.74, 6) is 3.35. The SMILES string of the molecule is O=C(NCc1nc(C2CCSCC2)no1)c1ccc[n+]([O-])c1. The van der Waals surface area contributed by atoms with Crippen LogP contribution in [0.4, 0.5) is 0 Å². The van der Waals surface area contributed by atoms with Crippen LogP contribution >= 0.6 is 11.8 Å². The molecule has 0 aromatic carbocycles. The van der Waals surface area contributed by atoms with Crippen molar-refractivity contribution in [3.05, 3.63) is 47.0 Å². The van der Waals surface area contributed by atoms with Crippen LogP contribution in [0.25, 0.3) is 0 Å². The molecule has 0 unspecified atom stereocenters. The van der Waals surface area contributed by atoms with E-state index in [0.29, 0.717) is 22.1 Å². The van der Waals surface area contributed by atoms with Crippen LogP contribution in [0, 0.1) is 5.21 Å². The number of aromatic nitrogens is 3. The minimum absolute atomic E-state index is 0.154. The summed E-state index contributed by atoms with van der Waals surface area (Å²) in [6.07, 6.45) is 4.66. The number of carbonyl (C=O) groups is 1. The Morgan fingerprint density at radius 1 is 1.50 bits per heavy atom. The molecule has 0 spiro atoms. The Kier molecular flexibility index (Phi) is 4.57. The Morgan fingerprint density at radius 2 is 2.32 bits per heavy atom. The van der Waals surface area contributed by atoms with Crippen molar-refractivity contribution in [2.45, 2.75) is 25.3 Å². The monoisotopic (exact) mass is 320 g/mol. The topological polar surface area (TPSA) is 95.0 Å². The molecular formula is C14H16N4O3S. The zero-order chi connectivity index (χ0) is 15.4. The smallest absolute Gasteiger partial charge is 0.257 e. The molecule has 2 aromatic heterocycles. The number of thioether (sulfide) groups is 1. The number of rotatable bonds is 4. The van der Waals surface area contributed by atoms with Gasteiger partial charge in [0.1, 0.15) is 5.56 Å². The van der Waals surface area contributed by atoms with E-state index in [1.165, 1.54) is 18.5 Å². The van der Waals surface area contributed by atoms with Gasteiger partial charge >= 0.3 is 0 Å². The van der Waals surface area contributed by atoms with Crippen LogP contribution in [-0.4, -0.2) is 27.6 Å². The third kappa shape index (κ3) is 3.56. The molecular weight excluding hydrogens is 304 g/mol. The first-order chi connectivity index (χ1) is 10.7. The summed E-state index contributed by atoms with van der Waals surface area (Å²) in [5, 5.41) is 17.8. The molecule has 1 saturated heterocycles. The van der Waals surface area contributed by atoms with Crippen molar-refractivity contribution < 1.29 is 14.0 Å². The summed E-state index contributed by atoms with van der Waals surface area (Å²) in [4.78, 5) is 16.3. The number of hydrogen-bond donors (Lipinski definition) is 1. The molecule has 1 aliphatic rings. The van der Waals surface area contributed by atoms with Gasteiger partial charge in [0, 0.05) is 12.0 Å². The van der Waals surface area contributed by atoms with E-state index in [4.69, 9.17) is 4.52 Å². The lowest BCUT2D eigenvalue weighted by molar-refractivity contribution is -0.605. The second-order valence-electron chi connectivity index (χ2n) is 5.07. The summed E-state index contributed by atoms with van der Waals surface area (Å²) in [6.45, 7) is 0.154. The van der Waals surface area contributed by atoms with Gasteiger partial charge < -0.3 is 15.0 Å². The van der Waals surface area contributed by atoms with Gasteiger partial charge in [-0.05, 0) is 30.4 Å². The van der Waals surface area contributed by atoms with E-state index in [9.17, 15) is 10.0 Å². The molecule has 3 rings (SSSR count). The molecule has 3 heterocycles. The Labute approximate surface area is 131 Å². The van der Waals surface area contributed by atoms with Crippen LogP contribution in [0.3, 0.4) is 0 Å². The van der Waals surface area contributed by atoms with Gasteiger partial charge in [-0.15, -0.1) is 0 Å². The molecule has 22 heavy (non-hydrogen) atoms. The Hall–Kier alpha value is -2.09. The fourth-order valence-electron chi connectivity index (χ4n) is 2.31. The highest BCUT2D eigenvalue weighted by Gasteiger charge is 2.21. The maximum absolute atomic E-state index is 11.9. The first-order valence-electron chi connectivity index (χ1n) is 7.09. The zero-order valence-corrected chi connectivity index (χ0v) is 12.7. The molecule has 8 heteroatoms. The third-order valence-corrected chi connectivity index (χ3v) is 4.56. The van der Waals surface area contributed by atoms with Crippen molar-refractivity contribution in [1.82, 2.24) is 15.5 Å². The first-order valence-corrected chi connectivity index (χ1v) is 8.25. The van der Waals surface area contributed by atoms with E-state index in [-0.39, 0.29) is 12.5 Å². The number of hydrogen-bond acceptors (Lipinski definition) is 6. The van der Waals surface area contributed by atoms with Gasteiger partial charge in [0.05, 0.1) is 6.54 Å². The van der Waals surface area contributed by atoms with Gasteiger partial charge in [0.25, 0.3) is 5.91 Å². The highest BCUT2D eigenvalue weighted by molar-refractivity contribution is 7.99. The molecule has 1 aliphatic heterocycles. The predicted octanol–water partition coefficient (Wildman–Crippen LogP) is 1.24. The van der Waals surface area contributed by atoms with Crippen LogP contribution in [0.2, 0.25) is 0 Å². The van der Waals surface area contributed by atoms with Crippen molar-refractivity contribution in [1.29, 1.82) is 0 Å². The van der Waals surface area contributed by atoms with Gasteiger partial charge in [-0.1, -0.05) is 5.16 Å². The van der Waals surface area contributed by atoms with Crippen molar-refractivity contribution in [3.8, 4) is 0 Å². The lowest BCUT2D eigenvalue weighted by Crippen LogP contribution is -2.29. The Balaban J connectivity index is 1.57. The first kappa shape index (κ1) is 14.8. The second kappa shape index (κ2) is 6.78. The summed E-state index contributed by atoms with van der Waals surface area (Å²) in [7, 11) is 0. The van der Waals surface area contributed by atoms with Gasteiger partial charge in [-0.3, -0.25) is 4.79 Å². The molecule has 1 fully saturated rings. The van der Waals surface area contributed by atoms with E-state index < -0.39 is 0 Å². The molecule has 0 atom stereocenters. The highest BCUT2D eigenvalue weighted by atomic mass is 32.2. The van der Waals surface area contributed by atoms with Crippen LogP contribution in [0.1, 0.15) is 40.8 Å². The molecule has 0 radical (unpaired) electrons. The molecule has 7 nitrogen and oxygen atoms in total. The van der Waals surface area contributed by atoms with Crippen LogP contribution in [0.5, 0.6) is 0 Å². The Bertz CT molecular complexity index is 655. The Morgan fingerprint density at radius 3 is 3.09 bits per heavy atom. The number of amides is 1. The lowest BCUT2D eigenvalue weighted by Gasteiger charge is -2.17. The highest BCUT2D eigenvalue weighted by Crippen LogP contribution is 2.29. The van der Waals surface area contributed by atoms with Crippen LogP contribution < -0.4 is 10.0 Å². The molecule has 1 N–H and O–H groups in total. The average molecular weight is 320 g/mol. The maximum atomic E-state index is 11.9. The zero-order valence-electron chi connectivity index (χ0n) is 11.9. The predicted molar refractivity (Wildman–Crippen MR) is 80.2 cm³/mol. The van der Waals surface area contributed by atoms with E-state index in [0.717, 1.165) is 30.2 Å². The average Bonchev–Trinajstić information content (AvgIpc) is 3.02. The fraction of sp³-hybridized carbons (Fsp3) is 0.429. The number of pyridine rings is 1. The lowest BCUT2D eigenvalue weighted by atomic mass is 10.0. The number of nitrogens with one attached hydrogen (secondary N) is 1. The van der Waals surface area contributed by atoms with Crippen molar-refractivity contribution in [3.63, 3.8) is 0 Å². The quantitative estimate of drug-likeness (QED) is 0.673. The van der Waals surface area contributed by atoms with Gasteiger partial charge in [-0.2, -0.15) is 21.5 Å². The summed E-state index contributed by atoms with van der Waals surface area (Å²) in [5.41, 5.74) is 0.293. The normalized spacial score (nSPS) is 15.6. The molecule has 0 aliphatic carbocycles.